The molecule has 0 radical (unpaired) electrons. The number of hydrogen-bond acceptors (Lipinski definition) is 4. The summed E-state index contributed by atoms with van der Waals surface area (Å²) in [5, 5.41) is 0. The van der Waals surface area contributed by atoms with Gasteiger partial charge in [0.05, 0.1) is 10.9 Å². The number of amides is 1. The van der Waals surface area contributed by atoms with E-state index in [1.807, 2.05) is 13.8 Å². The van der Waals surface area contributed by atoms with Crippen molar-refractivity contribution in [1.82, 2.24) is 4.31 Å². The van der Waals surface area contributed by atoms with Crippen LogP contribution in [0.3, 0.4) is 0 Å². The maximum atomic E-state index is 12.2. The smallest absolute Gasteiger partial charge is 0.266 e. The summed E-state index contributed by atoms with van der Waals surface area (Å²) >= 11 is 0. The molecule has 106 valence electrons. The number of benzene rings is 1. The Morgan fingerprint density at radius 2 is 1.79 bits per heavy atom. The molecule has 19 heavy (non-hydrogen) atoms. The molecule has 5 nitrogen and oxygen atoms in total. The minimum absolute atomic E-state index is 0.0857. The van der Waals surface area contributed by atoms with Crippen LogP contribution in [-0.4, -0.2) is 31.7 Å². The van der Waals surface area contributed by atoms with Crippen LogP contribution < -0.4 is 5.73 Å². The van der Waals surface area contributed by atoms with Crippen molar-refractivity contribution in [2.75, 3.05) is 7.05 Å². The number of carbonyl (C=O) groups is 1. The highest BCUT2D eigenvalue weighted by atomic mass is 32.2. The van der Waals surface area contributed by atoms with Crippen LogP contribution in [0.2, 0.25) is 0 Å². The Balaban J connectivity index is 2.94. The number of rotatable bonds is 5. The van der Waals surface area contributed by atoms with E-state index in [0.29, 0.717) is 6.42 Å². The molecular weight excluding hydrogens is 264 g/mol. The quantitative estimate of drug-likeness (QED) is 0.881. The molecule has 1 aromatic rings. The third-order valence-electron chi connectivity index (χ3n) is 2.75. The minimum atomic E-state index is -3.82. The first kappa shape index (κ1) is 15.7. The molecule has 0 spiro atoms. The van der Waals surface area contributed by atoms with E-state index < -0.39 is 22.0 Å². The van der Waals surface area contributed by atoms with Crippen molar-refractivity contribution in [3.8, 4) is 0 Å². The number of nitrogens with zero attached hydrogens (tertiary/aromatic N) is 1. The molecule has 1 aromatic carbocycles. The lowest BCUT2D eigenvalue weighted by Crippen LogP contribution is -2.45. The van der Waals surface area contributed by atoms with Crippen molar-refractivity contribution in [3.05, 3.63) is 30.3 Å². The van der Waals surface area contributed by atoms with Crippen LogP contribution in [0.1, 0.15) is 20.3 Å². The average molecular weight is 284 g/mol. The Kier molecular flexibility index (Phi) is 5.08. The molecule has 0 aliphatic carbocycles. The Labute approximate surface area is 114 Å². The van der Waals surface area contributed by atoms with E-state index >= 15 is 0 Å². The van der Waals surface area contributed by atoms with E-state index in [1.165, 1.54) is 19.2 Å². The molecule has 2 N–H and O–H groups in total. The van der Waals surface area contributed by atoms with E-state index in [0.717, 1.165) is 4.31 Å². The molecule has 0 saturated carbocycles. The van der Waals surface area contributed by atoms with E-state index in [4.69, 9.17) is 5.73 Å². The van der Waals surface area contributed by atoms with E-state index in [2.05, 4.69) is 0 Å². The van der Waals surface area contributed by atoms with Gasteiger partial charge >= 0.3 is 0 Å². The fraction of sp³-hybridized carbons (Fsp3) is 0.462. The third-order valence-corrected chi connectivity index (χ3v) is 4.52. The summed E-state index contributed by atoms with van der Waals surface area (Å²) in [6.45, 7) is 3.86. The van der Waals surface area contributed by atoms with Crippen LogP contribution in [0.15, 0.2) is 35.2 Å². The predicted octanol–water partition coefficient (Wildman–Crippen LogP) is 1.21. The molecule has 0 aliphatic heterocycles. The molecule has 1 rings (SSSR count). The first-order valence-corrected chi connectivity index (χ1v) is 7.54. The summed E-state index contributed by atoms with van der Waals surface area (Å²) in [4.78, 5) is 12.1. The van der Waals surface area contributed by atoms with Crippen molar-refractivity contribution in [2.24, 2.45) is 11.7 Å². The molecule has 0 bridgehead atoms. The number of carbonyl (C=O) groups excluding carboxylic acids is 1. The lowest BCUT2D eigenvalue weighted by atomic mass is 10.0. The summed E-state index contributed by atoms with van der Waals surface area (Å²) in [5.74, 6) is -0.357. The normalized spacial score (nSPS) is 13.3. The zero-order chi connectivity index (χ0) is 14.6. The van der Waals surface area contributed by atoms with Crippen molar-refractivity contribution in [1.29, 1.82) is 0 Å². The lowest BCUT2D eigenvalue weighted by molar-refractivity contribution is -0.127. The largest absolute Gasteiger partial charge is 0.320 e. The highest BCUT2D eigenvalue weighted by Gasteiger charge is 2.29. The van der Waals surface area contributed by atoms with Gasteiger partial charge in [-0.05, 0) is 24.5 Å². The fourth-order valence-corrected chi connectivity index (χ4v) is 2.90. The third kappa shape index (κ3) is 3.78. The van der Waals surface area contributed by atoms with Gasteiger partial charge < -0.3 is 5.73 Å². The fourth-order valence-electron chi connectivity index (χ4n) is 1.71. The molecule has 0 unspecified atom stereocenters. The van der Waals surface area contributed by atoms with E-state index in [1.54, 1.807) is 18.2 Å². The summed E-state index contributed by atoms with van der Waals surface area (Å²) in [6, 6.07) is 7.03. The highest BCUT2D eigenvalue weighted by molar-refractivity contribution is 7.89. The molecule has 0 heterocycles. The van der Waals surface area contributed by atoms with Gasteiger partial charge in [0, 0.05) is 7.05 Å². The first-order valence-electron chi connectivity index (χ1n) is 6.10. The van der Waals surface area contributed by atoms with Gasteiger partial charge in [-0.25, -0.2) is 12.7 Å². The monoisotopic (exact) mass is 284 g/mol. The molecule has 6 heteroatoms. The Morgan fingerprint density at radius 3 is 2.26 bits per heavy atom. The number of likely N-dealkylation sites (N-methyl/N-ethyl adjacent to an activating group) is 1. The van der Waals surface area contributed by atoms with Gasteiger partial charge in [0.15, 0.2) is 0 Å². The molecule has 0 fully saturated rings. The van der Waals surface area contributed by atoms with Gasteiger partial charge in [0.25, 0.3) is 15.9 Å². The maximum absolute atomic E-state index is 12.2. The average Bonchev–Trinajstić information content (AvgIpc) is 2.37. The summed E-state index contributed by atoms with van der Waals surface area (Å²) < 4.78 is 25.2. The van der Waals surface area contributed by atoms with E-state index in [9.17, 15) is 13.2 Å². The minimum Gasteiger partial charge on any atom is -0.320 e. The predicted molar refractivity (Wildman–Crippen MR) is 73.8 cm³/mol. The second-order valence-corrected chi connectivity index (χ2v) is 6.83. The Bertz CT molecular complexity index is 526. The molecule has 1 amide bonds. The van der Waals surface area contributed by atoms with Gasteiger partial charge in [0.1, 0.15) is 0 Å². The number of hydrogen-bond donors (Lipinski definition) is 1. The van der Waals surface area contributed by atoms with Gasteiger partial charge in [-0.2, -0.15) is 0 Å². The second-order valence-electron chi connectivity index (χ2n) is 4.86. The van der Waals surface area contributed by atoms with Crippen molar-refractivity contribution >= 4 is 15.9 Å². The first-order chi connectivity index (χ1) is 8.76. The molecule has 1 atom stereocenters. The van der Waals surface area contributed by atoms with Crippen molar-refractivity contribution in [2.45, 2.75) is 31.2 Å². The van der Waals surface area contributed by atoms with Crippen LogP contribution in [0, 0.1) is 5.92 Å². The Morgan fingerprint density at radius 1 is 1.26 bits per heavy atom. The molecule has 0 aromatic heterocycles. The van der Waals surface area contributed by atoms with Gasteiger partial charge in [-0.3, -0.25) is 4.79 Å². The van der Waals surface area contributed by atoms with Crippen LogP contribution in [0.5, 0.6) is 0 Å². The Hall–Kier alpha value is -1.40. The standard InChI is InChI=1S/C13H20N2O3S/c1-10(2)9-12(14)13(16)15(3)19(17,18)11-7-5-4-6-8-11/h4-8,10,12H,9,14H2,1-3H3/t12-/m0/s1. The molecular formula is C13H20N2O3S. The molecule has 0 aliphatic rings. The SMILES string of the molecule is CC(C)C[C@H](N)C(=O)N(C)S(=O)(=O)c1ccccc1. The lowest BCUT2D eigenvalue weighted by Gasteiger charge is -2.22. The van der Waals surface area contributed by atoms with Gasteiger partial charge in [-0.15, -0.1) is 0 Å². The maximum Gasteiger partial charge on any atom is 0.266 e. The van der Waals surface area contributed by atoms with Crippen LogP contribution >= 0.6 is 0 Å². The zero-order valence-electron chi connectivity index (χ0n) is 11.4. The van der Waals surface area contributed by atoms with E-state index in [-0.39, 0.29) is 10.8 Å². The molecule has 0 saturated heterocycles. The van der Waals surface area contributed by atoms with Crippen LogP contribution in [0.4, 0.5) is 0 Å². The summed E-state index contributed by atoms with van der Waals surface area (Å²) in [7, 11) is -2.57. The number of nitrogens with two attached hydrogens (primary N) is 1. The summed E-state index contributed by atoms with van der Waals surface area (Å²) in [6.07, 6.45) is 0.452. The van der Waals surface area contributed by atoms with Crippen molar-refractivity contribution in [3.63, 3.8) is 0 Å². The van der Waals surface area contributed by atoms with Gasteiger partial charge in [-0.1, -0.05) is 32.0 Å². The number of sulfonamides is 1. The van der Waals surface area contributed by atoms with Crippen molar-refractivity contribution < 1.29 is 13.2 Å². The van der Waals surface area contributed by atoms with Crippen LogP contribution in [-0.2, 0) is 14.8 Å². The zero-order valence-corrected chi connectivity index (χ0v) is 12.2. The summed E-state index contributed by atoms with van der Waals surface area (Å²) in [5.41, 5.74) is 5.74. The van der Waals surface area contributed by atoms with Gasteiger partial charge in [0.2, 0.25) is 0 Å². The second kappa shape index (κ2) is 6.16. The van der Waals surface area contributed by atoms with Crippen LogP contribution in [0.25, 0.3) is 0 Å². The highest BCUT2D eigenvalue weighted by Crippen LogP contribution is 2.15. The topological polar surface area (TPSA) is 80.5 Å².